The van der Waals surface area contributed by atoms with Crippen LogP contribution >= 0.6 is 0 Å². The third-order valence-electron chi connectivity index (χ3n) is 4.05. The topological polar surface area (TPSA) is 68.6 Å². The molecule has 0 aromatic carbocycles. The van der Waals surface area contributed by atoms with Gasteiger partial charge in [0.15, 0.2) is 11.5 Å². The lowest BCUT2D eigenvalue weighted by molar-refractivity contribution is -0.133. The second kappa shape index (κ2) is 5.02. The second-order valence-corrected chi connectivity index (χ2v) is 5.73. The van der Waals surface area contributed by atoms with E-state index in [0.29, 0.717) is 0 Å². The van der Waals surface area contributed by atoms with Gasteiger partial charge in [-0.25, -0.2) is 4.68 Å². The molecule has 0 spiro atoms. The Labute approximate surface area is 122 Å². The van der Waals surface area contributed by atoms with Crippen LogP contribution in [0, 0.1) is 0 Å². The van der Waals surface area contributed by atoms with Gasteiger partial charge in [-0.3, -0.25) is 14.4 Å². The minimum atomic E-state index is -0.569. The number of carbonyl (C=O) groups is 2. The lowest BCUT2D eigenvalue weighted by Crippen LogP contribution is -2.43. The Kier molecular flexibility index (Phi) is 3.31. The summed E-state index contributed by atoms with van der Waals surface area (Å²) in [5, 5.41) is 1.69. The Balaban J connectivity index is 2.36. The van der Waals surface area contributed by atoms with Crippen molar-refractivity contribution in [3.05, 3.63) is 27.2 Å². The van der Waals surface area contributed by atoms with Gasteiger partial charge in [0.2, 0.25) is 0 Å². The fourth-order valence-electron chi connectivity index (χ4n) is 3.17. The van der Waals surface area contributed by atoms with Crippen LogP contribution in [0.4, 0.5) is 0 Å². The molecule has 0 saturated heterocycles. The van der Waals surface area contributed by atoms with Crippen molar-refractivity contribution in [2.45, 2.75) is 38.5 Å². The number of hydrogen-bond donors (Lipinski definition) is 0. The molecule has 6 nitrogen and oxygen atoms in total. The fraction of sp³-hybridized carbons (Fsp3) is 0.533. The van der Waals surface area contributed by atoms with Crippen molar-refractivity contribution in [2.24, 2.45) is 0 Å². The first kappa shape index (κ1) is 13.9. The number of ether oxygens (including phenoxy) is 1. The highest BCUT2D eigenvalue weighted by Crippen LogP contribution is 2.33. The highest BCUT2D eigenvalue weighted by Gasteiger charge is 2.34. The molecule has 0 radical (unpaired) electrons. The number of nitrogens with zero attached hydrogens (tertiary/aromatic N) is 2. The highest BCUT2D eigenvalue weighted by atomic mass is 16.5. The smallest absolute Gasteiger partial charge is 0.319 e. The molecule has 0 N–H and O–H groups in total. The SMILES string of the molecule is CN(C)n1c2c(c3c(c1=O)C(=O)CC(=O)O3)CCCCC2. The maximum Gasteiger partial charge on any atom is 0.319 e. The molecular weight excluding hydrogens is 272 g/mol. The molecule has 0 amide bonds. The van der Waals surface area contributed by atoms with Gasteiger partial charge in [-0.15, -0.1) is 0 Å². The van der Waals surface area contributed by atoms with Crippen LogP contribution in [-0.2, 0) is 17.6 Å². The first-order chi connectivity index (χ1) is 10.0. The van der Waals surface area contributed by atoms with E-state index in [1.54, 1.807) is 23.8 Å². The molecule has 112 valence electrons. The van der Waals surface area contributed by atoms with E-state index in [0.717, 1.165) is 43.4 Å². The Morgan fingerprint density at radius 1 is 1.05 bits per heavy atom. The Hall–Kier alpha value is -2.11. The van der Waals surface area contributed by atoms with Crippen molar-refractivity contribution in [1.29, 1.82) is 0 Å². The maximum atomic E-state index is 12.7. The molecular formula is C15H18N2O4. The first-order valence-electron chi connectivity index (χ1n) is 7.23. The van der Waals surface area contributed by atoms with Gasteiger partial charge in [0.05, 0.1) is 5.69 Å². The Bertz CT molecular complexity index is 688. The molecule has 1 aromatic rings. The van der Waals surface area contributed by atoms with Gasteiger partial charge in [-0.1, -0.05) is 6.42 Å². The number of rotatable bonds is 1. The fourth-order valence-corrected chi connectivity index (χ4v) is 3.17. The zero-order valence-corrected chi connectivity index (χ0v) is 12.3. The van der Waals surface area contributed by atoms with E-state index in [4.69, 9.17) is 4.74 Å². The van der Waals surface area contributed by atoms with Gasteiger partial charge in [-0.05, 0) is 25.7 Å². The van der Waals surface area contributed by atoms with Crippen molar-refractivity contribution in [2.75, 3.05) is 19.1 Å². The van der Waals surface area contributed by atoms with Gasteiger partial charge in [0, 0.05) is 19.7 Å². The summed E-state index contributed by atoms with van der Waals surface area (Å²) in [5.41, 5.74) is 1.36. The minimum absolute atomic E-state index is 0.0314. The van der Waals surface area contributed by atoms with Crippen molar-refractivity contribution < 1.29 is 14.3 Å². The number of hydrogen-bond acceptors (Lipinski definition) is 5. The summed E-state index contributed by atoms with van der Waals surface area (Å²) in [6.07, 6.45) is 4.15. The van der Waals surface area contributed by atoms with Crippen molar-refractivity contribution in [1.82, 2.24) is 4.68 Å². The van der Waals surface area contributed by atoms with Crippen LogP contribution in [0.5, 0.6) is 5.75 Å². The van der Waals surface area contributed by atoms with Crippen LogP contribution in [0.2, 0.25) is 0 Å². The van der Waals surface area contributed by atoms with Gasteiger partial charge >= 0.3 is 5.97 Å². The van der Waals surface area contributed by atoms with Crippen molar-refractivity contribution in [3.8, 4) is 5.75 Å². The van der Waals surface area contributed by atoms with Gasteiger partial charge in [-0.2, -0.15) is 0 Å². The average Bonchev–Trinajstić information content (AvgIpc) is 2.63. The summed E-state index contributed by atoms with van der Waals surface area (Å²) in [6.45, 7) is 0. The van der Waals surface area contributed by atoms with E-state index in [9.17, 15) is 14.4 Å². The molecule has 1 aliphatic carbocycles. The standard InChI is InChI=1S/C15H18N2O4/c1-16(2)17-10-7-5-3-4-6-9(10)14-13(15(17)20)11(18)8-12(19)21-14/h3-8H2,1-2H3. The first-order valence-corrected chi connectivity index (χ1v) is 7.23. The summed E-state index contributed by atoms with van der Waals surface area (Å²) < 4.78 is 6.83. The summed E-state index contributed by atoms with van der Waals surface area (Å²) in [4.78, 5) is 36.4. The number of aromatic nitrogens is 1. The molecule has 1 aliphatic heterocycles. The largest absolute Gasteiger partial charge is 0.425 e. The number of Topliss-reactive ketones (excluding diaryl/α,β-unsaturated/α-hetero) is 1. The Morgan fingerprint density at radius 2 is 1.76 bits per heavy atom. The third kappa shape index (κ3) is 2.14. The average molecular weight is 290 g/mol. The van der Waals surface area contributed by atoms with E-state index in [1.165, 1.54) is 0 Å². The highest BCUT2D eigenvalue weighted by molar-refractivity contribution is 6.11. The molecule has 0 atom stereocenters. The molecule has 6 heteroatoms. The van der Waals surface area contributed by atoms with Crippen LogP contribution in [0.25, 0.3) is 0 Å². The van der Waals surface area contributed by atoms with Crippen LogP contribution in [0.3, 0.4) is 0 Å². The van der Waals surface area contributed by atoms with Crippen molar-refractivity contribution in [3.63, 3.8) is 0 Å². The lowest BCUT2D eigenvalue weighted by Gasteiger charge is -2.26. The monoisotopic (exact) mass is 290 g/mol. The van der Waals surface area contributed by atoms with Gasteiger partial charge in [0.1, 0.15) is 12.0 Å². The van der Waals surface area contributed by atoms with Gasteiger partial charge in [0.25, 0.3) is 5.56 Å². The number of esters is 1. The molecule has 0 unspecified atom stereocenters. The van der Waals surface area contributed by atoms with E-state index in [-0.39, 0.29) is 23.3 Å². The van der Waals surface area contributed by atoms with Crippen molar-refractivity contribution >= 4 is 11.8 Å². The number of pyridine rings is 1. The minimum Gasteiger partial charge on any atom is -0.425 e. The molecule has 3 rings (SSSR count). The summed E-state index contributed by atoms with van der Waals surface area (Å²) in [5.74, 6) is -0.786. The van der Waals surface area contributed by atoms with Crippen LogP contribution in [0.15, 0.2) is 4.79 Å². The predicted octanol–water partition coefficient (Wildman–Crippen LogP) is 0.807. The van der Waals surface area contributed by atoms with E-state index >= 15 is 0 Å². The molecule has 21 heavy (non-hydrogen) atoms. The lowest BCUT2D eigenvalue weighted by atomic mass is 9.98. The molecule has 0 fully saturated rings. The number of ketones is 1. The van der Waals surface area contributed by atoms with E-state index in [1.807, 2.05) is 0 Å². The second-order valence-electron chi connectivity index (χ2n) is 5.73. The molecule has 2 aliphatic rings. The normalized spacial score (nSPS) is 17.6. The van der Waals surface area contributed by atoms with Gasteiger partial charge < -0.3 is 9.75 Å². The van der Waals surface area contributed by atoms with Crippen LogP contribution < -0.4 is 15.3 Å². The van der Waals surface area contributed by atoms with Crippen LogP contribution in [-0.4, -0.2) is 30.5 Å². The van der Waals surface area contributed by atoms with Crippen LogP contribution in [0.1, 0.15) is 47.3 Å². The summed E-state index contributed by atoms with van der Waals surface area (Å²) in [6, 6.07) is 0. The maximum absolute atomic E-state index is 12.7. The third-order valence-corrected chi connectivity index (χ3v) is 4.05. The zero-order valence-electron chi connectivity index (χ0n) is 12.3. The van der Waals surface area contributed by atoms with E-state index < -0.39 is 11.8 Å². The molecule has 2 heterocycles. The number of fused-ring (bicyclic) bond motifs is 3. The summed E-state index contributed by atoms with van der Waals surface area (Å²) >= 11 is 0. The zero-order chi connectivity index (χ0) is 15.1. The summed E-state index contributed by atoms with van der Waals surface area (Å²) in [7, 11) is 3.55. The number of carbonyl (C=O) groups excluding carboxylic acids is 2. The molecule has 0 bridgehead atoms. The predicted molar refractivity (Wildman–Crippen MR) is 76.6 cm³/mol. The molecule has 0 saturated carbocycles. The van der Waals surface area contributed by atoms with E-state index in [2.05, 4.69) is 0 Å². The molecule has 1 aromatic heterocycles. The quantitative estimate of drug-likeness (QED) is 0.435. The Morgan fingerprint density at radius 3 is 2.48 bits per heavy atom.